The van der Waals surface area contributed by atoms with Crippen LogP contribution in [0.5, 0.6) is 0 Å². The molecular weight excluding hydrogens is 695 g/mol. The number of carbonyl (C=O) groups excluding carboxylic acids is 2. The van der Waals surface area contributed by atoms with Gasteiger partial charge < -0.3 is 24.6 Å². The van der Waals surface area contributed by atoms with Crippen molar-refractivity contribution in [2.45, 2.75) is 232 Å². The fourth-order valence-corrected chi connectivity index (χ4v) is 7.32. The van der Waals surface area contributed by atoms with Crippen LogP contribution in [-0.4, -0.2) is 65.7 Å². The maximum atomic E-state index is 12.1. The number of aliphatic hydroxyl groups excluding tert-OH is 2. The van der Waals surface area contributed by atoms with Gasteiger partial charge in [0.05, 0.1) is 19.8 Å². The fourth-order valence-electron chi connectivity index (χ4n) is 6.53. The van der Waals surface area contributed by atoms with E-state index in [2.05, 4.69) is 11.4 Å². The van der Waals surface area contributed by atoms with Gasteiger partial charge >= 0.3 is 19.8 Å². The SMILES string of the molecule is CCCCCCCCCCCCCCCCCCCCCCCCCCCCCCCCCC(=O)OC[C@H](COP(=O)(O)OC[C@@H](O)CO)OC(C)=O. The van der Waals surface area contributed by atoms with Gasteiger partial charge in [-0.25, -0.2) is 4.57 Å². The molecule has 0 aliphatic carbocycles. The number of esters is 2. The monoisotopic (exact) mass is 779 g/mol. The molecule has 0 rings (SSSR count). The van der Waals surface area contributed by atoms with Gasteiger partial charge in [-0.05, 0) is 6.42 Å². The lowest BCUT2D eigenvalue weighted by molar-refractivity contribution is -0.159. The van der Waals surface area contributed by atoms with E-state index in [0.29, 0.717) is 6.42 Å². The molecule has 0 aliphatic rings. The smallest absolute Gasteiger partial charge is 0.462 e. The number of hydrogen-bond donors (Lipinski definition) is 3. The van der Waals surface area contributed by atoms with E-state index >= 15 is 0 Å². The highest BCUT2D eigenvalue weighted by atomic mass is 31.2. The lowest BCUT2D eigenvalue weighted by atomic mass is 10.0. The zero-order chi connectivity index (χ0) is 39.1. The quantitative estimate of drug-likeness (QED) is 0.0310. The maximum absolute atomic E-state index is 12.1. The molecule has 0 heterocycles. The molecule has 0 bridgehead atoms. The molecule has 10 nitrogen and oxygen atoms in total. The van der Waals surface area contributed by atoms with E-state index in [4.69, 9.17) is 19.1 Å². The Hall–Kier alpha value is -1.03. The molecule has 0 saturated heterocycles. The van der Waals surface area contributed by atoms with Crippen LogP contribution in [-0.2, 0) is 32.7 Å². The predicted octanol–water partition coefficient (Wildman–Crippen LogP) is 11.5. The van der Waals surface area contributed by atoms with Crippen LogP contribution in [0.2, 0.25) is 0 Å². The molecule has 3 N–H and O–H groups in total. The topological polar surface area (TPSA) is 149 Å². The van der Waals surface area contributed by atoms with E-state index in [1.165, 1.54) is 180 Å². The number of hydrogen-bond acceptors (Lipinski definition) is 9. The summed E-state index contributed by atoms with van der Waals surface area (Å²) in [6.07, 6.45) is 39.6. The Morgan fingerprint density at radius 1 is 0.528 bits per heavy atom. The van der Waals surface area contributed by atoms with E-state index < -0.39 is 51.8 Å². The van der Waals surface area contributed by atoms with Gasteiger partial charge in [-0.15, -0.1) is 0 Å². The molecule has 11 heteroatoms. The van der Waals surface area contributed by atoms with E-state index in [9.17, 15) is 24.2 Å². The number of rotatable bonds is 42. The minimum atomic E-state index is -4.56. The van der Waals surface area contributed by atoms with Crippen molar-refractivity contribution in [3.8, 4) is 0 Å². The molecule has 0 aromatic heterocycles. The molecule has 1 unspecified atom stereocenters. The Morgan fingerprint density at radius 3 is 1.17 bits per heavy atom. The Kier molecular flexibility index (Phi) is 38.5. The Morgan fingerprint density at radius 2 is 0.849 bits per heavy atom. The summed E-state index contributed by atoms with van der Waals surface area (Å²) in [4.78, 5) is 33.1. The highest BCUT2D eigenvalue weighted by Gasteiger charge is 2.26. The Labute approximate surface area is 324 Å². The second kappa shape index (κ2) is 39.2. The van der Waals surface area contributed by atoms with Crippen LogP contribution >= 0.6 is 7.82 Å². The zero-order valence-electron chi connectivity index (χ0n) is 34.3. The van der Waals surface area contributed by atoms with Crippen LogP contribution in [0, 0.1) is 0 Å². The highest BCUT2D eigenvalue weighted by molar-refractivity contribution is 7.47. The van der Waals surface area contributed by atoms with Gasteiger partial charge in [0.1, 0.15) is 12.7 Å². The summed E-state index contributed by atoms with van der Waals surface area (Å²) in [5.74, 6) is -1.10. The van der Waals surface area contributed by atoms with Crippen molar-refractivity contribution in [1.29, 1.82) is 0 Å². The number of unbranched alkanes of at least 4 members (excludes halogenated alkanes) is 30. The normalized spacial score (nSPS) is 13.8. The third-order valence-corrected chi connectivity index (χ3v) is 10.8. The number of carbonyl (C=O) groups is 2. The number of phosphoric ester groups is 1. The molecule has 0 aromatic carbocycles. The van der Waals surface area contributed by atoms with Crippen molar-refractivity contribution < 1.29 is 47.8 Å². The van der Waals surface area contributed by atoms with Crippen molar-refractivity contribution in [3.63, 3.8) is 0 Å². The molecular formula is C42H83O10P. The van der Waals surface area contributed by atoms with Crippen molar-refractivity contribution in [3.05, 3.63) is 0 Å². The van der Waals surface area contributed by atoms with E-state index in [1.807, 2.05) is 0 Å². The van der Waals surface area contributed by atoms with Gasteiger partial charge in [-0.2, -0.15) is 0 Å². The van der Waals surface area contributed by atoms with Crippen LogP contribution < -0.4 is 0 Å². The molecule has 0 amide bonds. The second-order valence-corrected chi connectivity index (χ2v) is 16.6. The van der Waals surface area contributed by atoms with E-state index in [0.717, 1.165) is 19.8 Å². The largest absolute Gasteiger partial charge is 0.472 e. The van der Waals surface area contributed by atoms with Gasteiger partial charge in [-0.1, -0.05) is 200 Å². The van der Waals surface area contributed by atoms with Crippen molar-refractivity contribution in [1.82, 2.24) is 0 Å². The average Bonchev–Trinajstić information content (AvgIpc) is 3.13. The molecule has 0 aliphatic heterocycles. The van der Waals surface area contributed by atoms with Crippen molar-refractivity contribution >= 4 is 19.8 Å². The fraction of sp³-hybridized carbons (Fsp3) is 0.952. The summed E-state index contributed by atoms with van der Waals surface area (Å²) in [5, 5.41) is 18.0. The maximum Gasteiger partial charge on any atom is 0.472 e. The zero-order valence-corrected chi connectivity index (χ0v) is 35.2. The summed E-state index contributed by atoms with van der Waals surface area (Å²) >= 11 is 0. The average molecular weight is 779 g/mol. The summed E-state index contributed by atoms with van der Waals surface area (Å²) in [6.45, 7) is 1.32. The minimum Gasteiger partial charge on any atom is -0.462 e. The molecule has 0 fully saturated rings. The van der Waals surface area contributed by atoms with Crippen LogP contribution in [0.3, 0.4) is 0 Å². The van der Waals surface area contributed by atoms with Crippen LogP contribution in [0.1, 0.15) is 219 Å². The van der Waals surface area contributed by atoms with Gasteiger partial charge in [-0.3, -0.25) is 18.6 Å². The van der Waals surface area contributed by atoms with Crippen LogP contribution in [0.4, 0.5) is 0 Å². The third kappa shape index (κ3) is 40.5. The second-order valence-electron chi connectivity index (χ2n) is 15.2. The highest BCUT2D eigenvalue weighted by Crippen LogP contribution is 2.43. The van der Waals surface area contributed by atoms with Crippen LogP contribution in [0.25, 0.3) is 0 Å². The summed E-state index contributed by atoms with van der Waals surface area (Å²) in [7, 11) is -4.56. The van der Waals surface area contributed by atoms with E-state index in [-0.39, 0.29) is 13.0 Å². The molecule has 3 atom stereocenters. The summed E-state index contributed by atoms with van der Waals surface area (Å²) in [5.41, 5.74) is 0. The van der Waals surface area contributed by atoms with Gasteiger partial charge in [0.15, 0.2) is 6.10 Å². The summed E-state index contributed by atoms with van der Waals surface area (Å²) in [6, 6.07) is 0. The Balaban J connectivity index is 3.46. The third-order valence-electron chi connectivity index (χ3n) is 9.81. The molecule has 316 valence electrons. The standard InChI is InChI=1S/C42H83O10P/c1-3-4-5-6-7-8-9-10-11-12-13-14-15-16-17-18-19-20-21-22-23-24-25-26-27-28-29-30-31-32-33-34-42(46)49-37-41(52-39(2)44)38-51-53(47,48)50-36-40(45)35-43/h40-41,43,45H,3-38H2,1-2H3,(H,47,48)/t40-,41+/m0/s1. The first kappa shape index (κ1) is 52.0. The molecule has 0 spiro atoms. The number of aliphatic hydroxyl groups is 2. The molecule has 0 radical (unpaired) electrons. The van der Waals surface area contributed by atoms with Gasteiger partial charge in [0, 0.05) is 13.3 Å². The van der Waals surface area contributed by atoms with Crippen molar-refractivity contribution in [2.75, 3.05) is 26.4 Å². The van der Waals surface area contributed by atoms with E-state index in [1.54, 1.807) is 0 Å². The molecule has 0 aromatic rings. The van der Waals surface area contributed by atoms with Gasteiger partial charge in [0.2, 0.25) is 0 Å². The molecule has 53 heavy (non-hydrogen) atoms. The summed E-state index contributed by atoms with van der Waals surface area (Å²) < 4.78 is 31.4. The first-order valence-electron chi connectivity index (χ1n) is 21.9. The molecule has 0 saturated carbocycles. The number of phosphoric acid groups is 1. The lowest BCUT2D eigenvalue weighted by Gasteiger charge is -2.19. The predicted molar refractivity (Wildman–Crippen MR) is 215 cm³/mol. The van der Waals surface area contributed by atoms with Crippen molar-refractivity contribution in [2.24, 2.45) is 0 Å². The number of ether oxygens (including phenoxy) is 2. The Bertz CT molecular complexity index is 858. The lowest BCUT2D eigenvalue weighted by Crippen LogP contribution is -2.29. The first-order chi connectivity index (χ1) is 25.7. The van der Waals surface area contributed by atoms with Crippen LogP contribution in [0.15, 0.2) is 0 Å². The van der Waals surface area contributed by atoms with Gasteiger partial charge in [0.25, 0.3) is 0 Å². The first-order valence-corrected chi connectivity index (χ1v) is 23.4. The minimum absolute atomic E-state index is 0.244.